The van der Waals surface area contributed by atoms with Crippen LogP contribution in [-0.4, -0.2) is 60.2 Å². The Balaban J connectivity index is 0.00000400. The van der Waals surface area contributed by atoms with Crippen LogP contribution in [0.2, 0.25) is 0 Å². The number of carbonyl (C=O) groups excluding carboxylic acids is 1. The number of alkyl halides is 3. The number of rotatable bonds is 8. The first-order valence-corrected chi connectivity index (χ1v) is 14.4. The summed E-state index contributed by atoms with van der Waals surface area (Å²) in [6.07, 6.45) is 6.50. The molecule has 8 heteroatoms. The third kappa shape index (κ3) is 5.52. The number of allylic oxidation sites excluding steroid dienone is 1. The Labute approximate surface area is 221 Å². The number of hydrogen-bond donors (Lipinski definition) is 2. The first-order chi connectivity index (χ1) is 17.4. The topological polar surface area (TPSA) is 64.9 Å². The second-order valence-corrected chi connectivity index (χ2v) is 12.6. The summed E-state index contributed by atoms with van der Waals surface area (Å²) in [6.45, 7) is 8.53. The lowest BCUT2D eigenvalue weighted by atomic mass is 9.47. The van der Waals surface area contributed by atoms with Gasteiger partial charge in [-0.3, -0.25) is 14.7 Å². The van der Waals surface area contributed by atoms with Gasteiger partial charge < -0.3 is 10.4 Å². The molecule has 0 bridgehead atoms. The molecule has 3 saturated carbocycles. The molecule has 2 N–H and O–H groups in total. The number of aliphatic hydroxyl groups excluding tert-OH is 1. The van der Waals surface area contributed by atoms with Crippen molar-refractivity contribution in [2.75, 3.05) is 26.2 Å². The van der Waals surface area contributed by atoms with Crippen LogP contribution in [0.1, 0.15) is 86.9 Å². The average molecular weight is 528 g/mol. The highest BCUT2D eigenvalue weighted by Gasteiger charge is 2.59. The Hall–Kier alpha value is -1.41. The molecule has 0 spiro atoms. The molecule has 0 saturated heterocycles. The second kappa shape index (κ2) is 11.0. The Morgan fingerprint density at radius 1 is 1.19 bits per heavy atom. The minimum absolute atomic E-state index is 0. The number of aliphatic hydroxyl groups is 1. The quantitative estimate of drug-likeness (QED) is 0.177. The smallest absolute Gasteiger partial charge is 0.393 e. The Kier molecular flexibility index (Phi) is 8.49. The number of amides is 1. The van der Waals surface area contributed by atoms with Crippen molar-refractivity contribution in [1.82, 2.24) is 10.2 Å². The van der Waals surface area contributed by atoms with Crippen LogP contribution >= 0.6 is 0 Å². The Bertz CT molecular complexity index is 910. The number of halogens is 3. The zero-order chi connectivity index (χ0) is 27.0. The number of aliphatic imine (C=N–C) groups is 1. The maximum absolute atomic E-state index is 13.5. The van der Waals surface area contributed by atoms with E-state index in [-0.39, 0.29) is 35.7 Å². The zero-order valence-corrected chi connectivity index (χ0v) is 23.0. The molecule has 0 aliphatic heterocycles. The van der Waals surface area contributed by atoms with Crippen molar-refractivity contribution in [3.05, 3.63) is 11.6 Å². The highest BCUT2D eigenvalue weighted by Crippen LogP contribution is 2.66. The van der Waals surface area contributed by atoms with Crippen LogP contribution in [0, 0.1) is 34.5 Å². The first kappa shape index (κ1) is 28.6. The molecular formula is C29H48F3N3O2. The van der Waals surface area contributed by atoms with E-state index in [0.717, 1.165) is 63.5 Å². The van der Waals surface area contributed by atoms with E-state index in [2.05, 4.69) is 30.2 Å². The van der Waals surface area contributed by atoms with Crippen LogP contribution in [0.25, 0.3) is 0 Å². The van der Waals surface area contributed by atoms with E-state index in [1.165, 1.54) is 5.57 Å². The van der Waals surface area contributed by atoms with Gasteiger partial charge in [-0.1, -0.05) is 32.4 Å². The molecule has 0 aromatic rings. The van der Waals surface area contributed by atoms with Crippen LogP contribution < -0.4 is 5.32 Å². The first-order valence-electron chi connectivity index (χ1n) is 14.4. The van der Waals surface area contributed by atoms with Gasteiger partial charge in [-0.05, 0) is 99.8 Å². The van der Waals surface area contributed by atoms with Gasteiger partial charge in [-0.25, -0.2) is 0 Å². The van der Waals surface area contributed by atoms with Crippen molar-refractivity contribution in [3.8, 4) is 0 Å². The van der Waals surface area contributed by atoms with E-state index in [4.69, 9.17) is 0 Å². The molecule has 0 aromatic heterocycles. The number of nitrogens with one attached hydrogen (secondary N) is 1. The van der Waals surface area contributed by atoms with Crippen LogP contribution in [0.5, 0.6) is 0 Å². The van der Waals surface area contributed by atoms with Gasteiger partial charge in [0.2, 0.25) is 0 Å². The molecule has 4 aliphatic carbocycles. The van der Waals surface area contributed by atoms with E-state index < -0.39 is 25.3 Å². The maximum Gasteiger partial charge on any atom is 0.487 e. The summed E-state index contributed by atoms with van der Waals surface area (Å²) < 4.78 is 40.6. The van der Waals surface area contributed by atoms with E-state index in [9.17, 15) is 23.1 Å². The van der Waals surface area contributed by atoms with Crippen molar-refractivity contribution in [2.24, 2.45) is 39.5 Å². The molecule has 1 amide bonds. The summed E-state index contributed by atoms with van der Waals surface area (Å²) in [6, 6.07) is 0. The van der Waals surface area contributed by atoms with Crippen molar-refractivity contribution in [3.63, 3.8) is 0 Å². The van der Waals surface area contributed by atoms with Crippen molar-refractivity contribution >= 4 is 11.6 Å². The van der Waals surface area contributed by atoms with E-state index >= 15 is 0 Å². The molecule has 37 heavy (non-hydrogen) atoms. The summed E-state index contributed by atoms with van der Waals surface area (Å²) in [5.41, 5.74) is 2.55. The molecule has 0 aromatic carbocycles. The van der Waals surface area contributed by atoms with Crippen LogP contribution in [0.15, 0.2) is 16.6 Å². The third-order valence-corrected chi connectivity index (χ3v) is 10.6. The number of nitrogens with zero attached hydrogens (tertiary/aromatic N) is 2. The van der Waals surface area contributed by atoms with Gasteiger partial charge >= 0.3 is 6.30 Å². The fourth-order valence-electron chi connectivity index (χ4n) is 8.60. The van der Waals surface area contributed by atoms with Gasteiger partial charge in [0.1, 0.15) is 6.54 Å². The highest BCUT2D eigenvalue weighted by atomic mass is 19.4. The monoisotopic (exact) mass is 527 g/mol. The summed E-state index contributed by atoms with van der Waals surface area (Å²) in [5, 5.41) is 13.2. The largest absolute Gasteiger partial charge is 0.487 e. The Morgan fingerprint density at radius 2 is 1.95 bits per heavy atom. The summed E-state index contributed by atoms with van der Waals surface area (Å²) in [4.78, 5) is 17.0. The van der Waals surface area contributed by atoms with Crippen LogP contribution in [-0.2, 0) is 4.79 Å². The number of hydrogen-bond acceptors (Lipinski definition) is 4. The number of carbonyl (C=O) groups is 1. The van der Waals surface area contributed by atoms with Gasteiger partial charge in [0.05, 0.1) is 6.10 Å². The van der Waals surface area contributed by atoms with Gasteiger partial charge in [0.25, 0.3) is 5.91 Å². The lowest BCUT2D eigenvalue weighted by Gasteiger charge is -2.58. The van der Waals surface area contributed by atoms with Gasteiger partial charge in [-0.2, -0.15) is 0 Å². The number of fused-ring (bicyclic) bond motifs is 5. The second-order valence-electron chi connectivity index (χ2n) is 12.6. The summed E-state index contributed by atoms with van der Waals surface area (Å²) in [5.74, 6) is 1.04. The summed E-state index contributed by atoms with van der Waals surface area (Å²) in [7, 11) is 0. The predicted molar refractivity (Wildman–Crippen MR) is 142 cm³/mol. The van der Waals surface area contributed by atoms with E-state index in [1.54, 1.807) is 0 Å². The molecule has 0 heterocycles. The van der Waals surface area contributed by atoms with Crippen LogP contribution in [0.3, 0.4) is 0 Å². The Morgan fingerprint density at radius 3 is 2.65 bits per heavy atom. The SMILES string of the molecule is CCCNCCN(C(=O)CN=C(C)C1CCC2C3CC=C4CC(O)CCC4(C)C3CCC12C)C(F)(F)F.[HH]. The minimum atomic E-state index is -4.70. The average Bonchev–Trinajstić information content (AvgIpc) is 3.19. The standard InChI is InChI=1S/C29H46F3N3O2.H2/c1-5-14-33-15-16-35(29(30,31)32)26(37)18-34-19(2)23-8-9-24-22-7-6-20-17-21(36)10-12-27(20,3)25(22)11-13-28(23,24)4;/h6,21-25,33,36H,5,7-18H2,1-4H3;1H. The van der Waals surface area contributed by atoms with Crippen molar-refractivity contribution in [1.29, 1.82) is 0 Å². The minimum Gasteiger partial charge on any atom is -0.393 e. The van der Waals surface area contributed by atoms with Crippen LogP contribution in [0.4, 0.5) is 13.2 Å². The molecule has 212 valence electrons. The highest BCUT2D eigenvalue weighted by molar-refractivity contribution is 5.88. The van der Waals surface area contributed by atoms with Crippen molar-refractivity contribution < 1.29 is 24.5 Å². The van der Waals surface area contributed by atoms with E-state index in [0.29, 0.717) is 24.3 Å². The lowest BCUT2D eigenvalue weighted by Crippen LogP contribution is -2.51. The van der Waals surface area contributed by atoms with Crippen molar-refractivity contribution in [2.45, 2.75) is 97.9 Å². The molecule has 7 atom stereocenters. The molecule has 4 rings (SSSR count). The molecule has 3 fully saturated rings. The maximum atomic E-state index is 13.5. The van der Waals surface area contributed by atoms with E-state index in [1.807, 2.05) is 13.8 Å². The van der Waals surface area contributed by atoms with Gasteiger partial charge in [-0.15, -0.1) is 13.2 Å². The molecule has 0 radical (unpaired) electrons. The fraction of sp³-hybridized carbons (Fsp3) is 0.862. The summed E-state index contributed by atoms with van der Waals surface area (Å²) >= 11 is 0. The normalized spacial score (nSPS) is 37.9. The molecule has 5 nitrogen and oxygen atoms in total. The predicted octanol–water partition coefficient (Wildman–Crippen LogP) is 5.98. The van der Waals surface area contributed by atoms with Gasteiger partial charge in [0.15, 0.2) is 0 Å². The van der Waals surface area contributed by atoms with Gasteiger partial charge in [0, 0.05) is 26.1 Å². The third-order valence-electron chi connectivity index (χ3n) is 10.6. The fourth-order valence-corrected chi connectivity index (χ4v) is 8.60. The lowest BCUT2D eigenvalue weighted by molar-refractivity contribution is -0.239. The zero-order valence-electron chi connectivity index (χ0n) is 23.0. The molecule has 7 unspecified atom stereocenters. The molecule has 4 aliphatic rings. The molecular weight excluding hydrogens is 479 g/mol.